The predicted octanol–water partition coefficient (Wildman–Crippen LogP) is 2.03. The molecule has 1 fully saturated rings. The Balaban J connectivity index is 2.08. The van der Waals surface area contributed by atoms with Gasteiger partial charge in [-0.2, -0.15) is 0 Å². The highest BCUT2D eigenvalue weighted by Crippen LogP contribution is 2.18. The molecule has 94 valence electrons. The molecule has 0 saturated carbocycles. The minimum absolute atomic E-state index is 0.0676. The maximum atomic E-state index is 13.4. The van der Waals surface area contributed by atoms with E-state index in [-0.39, 0.29) is 18.2 Å². The van der Waals surface area contributed by atoms with Crippen LogP contribution >= 0.6 is 0 Å². The first-order chi connectivity index (χ1) is 8.06. The Morgan fingerprint density at radius 2 is 1.82 bits per heavy atom. The molecule has 0 aromatic heterocycles. The number of hydrogen-bond acceptors (Lipinski definition) is 2. The molecule has 0 unspecified atom stereocenters. The molecule has 1 aliphatic rings. The molecule has 17 heavy (non-hydrogen) atoms. The smallest absolute Gasteiger partial charge is 0.163 e. The number of nitrogens with two attached hydrogens (primary N) is 1. The van der Waals surface area contributed by atoms with Crippen molar-refractivity contribution in [2.24, 2.45) is 5.73 Å². The third kappa shape index (κ3) is 2.98. The summed E-state index contributed by atoms with van der Waals surface area (Å²) in [6.45, 7) is 1.70. The minimum Gasteiger partial charge on any atom is -0.328 e. The van der Waals surface area contributed by atoms with Crippen molar-refractivity contribution >= 4 is 0 Å². The van der Waals surface area contributed by atoms with Crippen LogP contribution in [0.3, 0.4) is 0 Å². The van der Waals surface area contributed by atoms with Gasteiger partial charge in [-0.25, -0.2) is 13.2 Å². The van der Waals surface area contributed by atoms with Crippen LogP contribution in [0, 0.1) is 17.5 Å². The lowest BCUT2D eigenvalue weighted by Gasteiger charge is -2.30. The third-order valence-electron chi connectivity index (χ3n) is 3.09. The largest absolute Gasteiger partial charge is 0.328 e. The molecule has 0 atom stereocenters. The molecular formula is C12H15F3N2. The van der Waals surface area contributed by atoms with Gasteiger partial charge in [0.1, 0.15) is 5.82 Å². The Bertz CT molecular complexity index is 401. The monoisotopic (exact) mass is 244 g/mol. The van der Waals surface area contributed by atoms with E-state index in [4.69, 9.17) is 5.73 Å². The second kappa shape index (κ2) is 5.06. The zero-order chi connectivity index (χ0) is 12.4. The van der Waals surface area contributed by atoms with E-state index in [1.54, 1.807) is 0 Å². The molecule has 0 radical (unpaired) electrons. The molecule has 0 bridgehead atoms. The summed E-state index contributed by atoms with van der Waals surface area (Å²) in [6.07, 6.45) is 1.67. The SMILES string of the molecule is NC1CCN(Cc2cc(F)cc(F)c2F)CC1. The molecule has 1 saturated heterocycles. The first kappa shape index (κ1) is 12.4. The Hall–Kier alpha value is -1.07. The van der Waals surface area contributed by atoms with Crippen LogP contribution in [0.4, 0.5) is 13.2 Å². The topological polar surface area (TPSA) is 29.3 Å². The predicted molar refractivity (Wildman–Crippen MR) is 58.8 cm³/mol. The molecule has 5 heteroatoms. The fraction of sp³-hybridized carbons (Fsp3) is 0.500. The minimum atomic E-state index is -1.13. The number of hydrogen-bond donors (Lipinski definition) is 1. The average molecular weight is 244 g/mol. The lowest BCUT2D eigenvalue weighted by Crippen LogP contribution is -2.39. The van der Waals surface area contributed by atoms with Crippen LogP contribution in [-0.4, -0.2) is 24.0 Å². The van der Waals surface area contributed by atoms with E-state index in [1.807, 2.05) is 4.90 Å². The zero-order valence-electron chi connectivity index (χ0n) is 9.43. The summed E-state index contributed by atoms with van der Waals surface area (Å²) >= 11 is 0. The number of piperidine rings is 1. The van der Waals surface area contributed by atoms with Crippen LogP contribution < -0.4 is 5.73 Å². The van der Waals surface area contributed by atoms with E-state index in [0.29, 0.717) is 6.07 Å². The van der Waals surface area contributed by atoms with Gasteiger partial charge in [-0.05, 0) is 32.0 Å². The van der Waals surface area contributed by atoms with Crippen LogP contribution in [0.1, 0.15) is 18.4 Å². The van der Waals surface area contributed by atoms with Gasteiger partial charge in [0.05, 0.1) is 0 Å². The van der Waals surface area contributed by atoms with E-state index >= 15 is 0 Å². The standard InChI is InChI=1S/C12H15F3N2/c13-9-5-8(12(15)11(14)6-9)7-17-3-1-10(16)2-4-17/h5-6,10H,1-4,7,16H2. The molecule has 1 aromatic carbocycles. The number of benzene rings is 1. The van der Waals surface area contributed by atoms with Gasteiger partial charge in [0.25, 0.3) is 0 Å². The van der Waals surface area contributed by atoms with Gasteiger partial charge < -0.3 is 5.73 Å². The molecule has 0 amide bonds. The van der Waals surface area contributed by atoms with Crippen molar-refractivity contribution in [3.63, 3.8) is 0 Å². The molecule has 0 aliphatic carbocycles. The van der Waals surface area contributed by atoms with E-state index in [0.717, 1.165) is 32.0 Å². The Kier molecular flexibility index (Phi) is 3.69. The molecular weight excluding hydrogens is 229 g/mol. The highest BCUT2D eigenvalue weighted by molar-refractivity contribution is 5.20. The number of likely N-dealkylation sites (tertiary alicyclic amines) is 1. The number of halogens is 3. The van der Waals surface area contributed by atoms with Crippen LogP contribution in [0.15, 0.2) is 12.1 Å². The molecule has 1 aliphatic heterocycles. The Morgan fingerprint density at radius 3 is 2.47 bits per heavy atom. The number of rotatable bonds is 2. The van der Waals surface area contributed by atoms with Gasteiger partial charge in [0, 0.05) is 24.2 Å². The van der Waals surface area contributed by atoms with Gasteiger partial charge in [-0.1, -0.05) is 0 Å². The molecule has 2 N–H and O–H groups in total. The lowest BCUT2D eigenvalue weighted by atomic mass is 10.1. The Morgan fingerprint density at radius 1 is 1.18 bits per heavy atom. The second-order valence-corrected chi connectivity index (χ2v) is 4.47. The van der Waals surface area contributed by atoms with E-state index in [9.17, 15) is 13.2 Å². The van der Waals surface area contributed by atoms with Crippen LogP contribution in [-0.2, 0) is 6.54 Å². The van der Waals surface area contributed by atoms with Crippen molar-refractivity contribution in [1.29, 1.82) is 0 Å². The molecule has 0 spiro atoms. The van der Waals surface area contributed by atoms with Gasteiger partial charge in [-0.15, -0.1) is 0 Å². The molecule has 1 aromatic rings. The molecule has 2 nitrogen and oxygen atoms in total. The third-order valence-corrected chi connectivity index (χ3v) is 3.09. The summed E-state index contributed by atoms with van der Waals surface area (Å²) in [5, 5.41) is 0. The van der Waals surface area contributed by atoms with Crippen LogP contribution in [0.25, 0.3) is 0 Å². The van der Waals surface area contributed by atoms with Crippen molar-refractivity contribution in [1.82, 2.24) is 4.90 Å². The Labute approximate surface area is 98.2 Å². The van der Waals surface area contributed by atoms with E-state index in [2.05, 4.69) is 0 Å². The van der Waals surface area contributed by atoms with Gasteiger partial charge in [0.2, 0.25) is 0 Å². The number of nitrogens with zero attached hydrogens (tertiary/aromatic N) is 1. The van der Waals surface area contributed by atoms with Gasteiger partial charge in [0.15, 0.2) is 11.6 Å². The summed E-state index contributed by atoms with van der Waals surface area (Å²) in [5.41, 5.74) is 5.82. The molecule has 1 heterocycles. The van der Waals surface area contributed by atoms with Crippen LogP contribution in [0.2, 0.25) is 0 Å². The highest BCUT2D eigenvalue weighted by Gasteiger charge is 2.19. The fourth-order valence-corrected chi connectivity index (χ4v) is 2.08. The summed E-state index contributed by atoms with van der Waals surface area (Å²) in [7, 11) is 0. The van der Waals surface area contributed by atoms with Crippen molar-refractivity contribution in [2.45, 2.75) is 25.4 Å². The van der Waals surface area contributed by atoms with Crippen molar-refractivity contribution < 1.29 is 13.2 Å². The van der Waals surface area contributed by atoms with E-state index < -0.39 is 17.5 Å². The van der Waals surface area contributed by atoms with Crippen LogP contribution in [0.5, 0.6) is 0 Å². The maximum absolute atomic E-state index is 13.4. The second-order valence-electron chi connectivity index (χ2n) is 4.47. The summed E-state index contributed by atoms with van der Waals surface area (Å²) in [4.78, 5) is 1.96. The van der Waals surface area contributed by atoms with Gasteiger partial charge in [-0.3, -0.25) is 4.90 Å². The zero-order valence-corrected chi connectivity index (χ0v) is 9.43. The fourth-order valence-electron chi connectivity index (χ4n) is 2.08. The quantitative estimate of drug-likeness (QED) is 0.806. The maximum Gasteiger partial charge on any atom is 0.163 e. The lowest BCUT2D eigenvalue weighted by molar-refractivity contribution is 0.202. The summed E-state index contributed by atoms with van der Waals surface area (Å²) in [6, 6.07) is 1.79. The highest BCUT2D eigenvalue weighted by atomic mass is 19.2. The summed E-state index contributed by atoms with van der Waals surface area (Å²) in [5.74, 6) is -2.83. The van der Waals surface area contributed by atoms with Crippen molar-refractivity contribution in [2.75, 3.05) is 13.1 Å². The van der Waals surface area contributed by atoms with Gasteiger partial charge >= 0.3 is 0 Å². The average Bonchev–Trinajstić information content (AvgIpc) is 2.28. The summed E-state index contributed by atoms with van der Waals surface area (Å²) < 4.78 is 39.4. The first-order valence-electron chi connectivity index (χ1n) is 5.67. The molecule has 2 rings (SSSR count). The first-order valence-corrected chi connectivity index (χ1v) is 5.67. The normalized spacial score (nSPS) is 18.6. The van der Waals surface area contributed by atoms with Crippen molar-refractivity contribution in [3.8, 4) is 0 Å². The van der Waals surface area contributed by atoms with Crippen molar-refractivity contribution in [3.05, 3.63) is 35.1 Å². The van der Waals surface area contributed by atoms with E-state index in [1.165, 1.54) is 0 Å².